The number of pyridine rings is 1. The number of carbonyl (C=O) groups excluding carboxylic acids is 2. The van der Waals surface area contributed by atoms with Crippen molar-refractivity contribution >= 4 is 11.8 Å². The van der Waals surface area contributed by atoms with Crippen molar-refractivity contribution in [3.63, 3.8) is 0 Å². The maximum absolute atomic E-state index is 13.2. The summed E-state index contributed by atoms with van der Waals surface area (Å²) in [5.74, 6) is 0.208. The molecule has 6 heteroatoms. The Kier molecular flexibility index (Phi) is 4.69. The fourth-order valence-corrected chi connectivity index (χ4v) is 4.66. The van der Waals surface area contributed by atoms with Crippen LogP contribution in [0.4, 0.5) is 0 Å². The van der Waals surface area contributed by atoms with E-state index in [9.17, 15) is 9.59 Å². The number of rotatable bonds is 1. The van der Waals surface area contributed by atoms with E-state index < -0.39 is 0 Å². The quantitative estimate of drug-likeness (QED) is 0.826. The second-order valence-electron chi connectivity index (χ2n) is 8.01. The first-order valence-electron chi connectivity index (χ1n) is 9.82. The van der Waals surface area contributed by atoms with E-state index >= 15 is 0 Å². The van der Waals surface area contributed by atoms with Crippen LogP contribution < -0.4 is 5.32 Å². The molecule has 1 N–H and O–H groups in total. The Morgan fingerprint density at radius 2 is 2.04 bits per heavy atom. The van der Waals surface area contributed by atoms with Gasteiger partial charge in [-0.05, 0) is 57.2 Å². The maximum Gasteiger partial charge on any atom is 0.255 e. The van der Waals surface area contributed by atoms with E-state index in [4.69, 9.17) is 0 Å². The van der Waals surface area contributed by atoms with Crippen molar-refractivity contribution in [3.05, 3.63) is 29.1 Å². The van der Waals surface area contributed by atoms with Crippen LogP contribution in [0.2, 0.25) is 0 Å². The van der Waals surface area contributed by atoms with E-state index in [0.29, 0.717) is 25.1 Å². The maximum atomic E-state index is 13.2. The minimum Gasteiger partial charge on any atom is -0.356 e. The van der Waals surface area contributed by atoms with Crippen LogP contribution in [-0.4, -0.2) is 65.4 Å². The van der Waals surface area contributed by atoms with Crippen molar-refractivity contribution in [2.75, 3.05) is 33.2 Å². The minimum absolute atomic E-state index is 0.0851. The summed E-state index contributed by atoms with van der Waals surface area (Å²) < 4.78 is 0. The molecule has 6 nitrogen and oxygen atoms in total. The summed E-state index contributed by atoms with van der Waals surface area (Å²) in [6.07, 6.45) is 8.43. The zero-order chi connectivity index (χ0) is 18.1. The summed E-state index contributed by atoms with van der Waals surface area (Å²) in [6, 6.07) is 2.06. The van der Waals surface area contributed by atoms with Gasteiger partial charge in [-0.2, -0.15) is 0 Å². The molecule has 3 heterocycles. The SMILES string of the molecule is CN1CCN(C(=O)c2cnc3c(c2)CCCC3)CC12CCNC(=O)CC2. The largest absolute Gasteiger partial charge is 0.356 e. The summed E-state index contributed by atoms with van der Waals surface area (Å²) in [5.41, 5.74) is 3.02. The van der Waals surface area contributed by atoms with Gasteiger partial charge in [0.25, 0.3) is 5.91 Å². The number of fused-ring (bicyclic) bond motifs is 1. The number of carbonyl (C=O) groups is 2. The van der Waals surface area contributed by atoms with Gasteiger partial charge in [0.05, 0.1) is 5.56 Å². The number of hydrogen-bond acceptors (Lipinski definition) is 4. The van der Waals surface area contributed by atoms with Crippen LogP contribution in [0.25, 0.3) is 0 Å². The molecule has 2 aliphatic heterocycles. The number of amides is 2. The molecule has 3 aliphatic rings. The minimum atomic E-state index is -0.102. The summed E-state index contributed by atoms with van der Waals surface area (Å²) in [6.45, 7) is 2.95. The van der Waals surface area contributed by atoms with E-state index in [2.05, 4.69) is 28.3 Å². The number of aromatic nitrogens is 1. The molecular formula is C20H28N4O2. The normalized spacial score (nSPS) is 27.0. The predicted octanol–water partition coefficient (Wildman–Crippen LogP) is 1.39. The molecule has 140 valence electrons. The lowest BCUT2D eigenvalue weighted by Crippen LogP contribution is -2.62. The molecule has 1 aliphatic carbocycles. The first-order valence-corrected chi connectivity index (χ1v) is 9.82. The van der Waals surface area contributed by atoms with Crippen LogP contribution in [0, 0.1) is 0 Å². The Labute approximate surface area is 155 Å². The Morgan fingerprint density at radius 3 is 2.92 bits per heavy atom. The van der Waals surface area contributed by atoms with Gasteiger partial charge in [0.2, 0.25) is 5.91 Å². The lowest BCUT2D eigenvalue weighted by atomic mass is 9.86. The summed E-state index contributed by atoms with van der Waals surface area (Å²) in [5, 5.41) is 2.97. The van der Waals surface area contributed by atoms with Crippen molar-refractivity contribution in [1.82, 2.24) is 20.1 Å². The van der Waals surface area contributed by atoms with Gasteiger partial charge >= 0.3 is 0 Å². The third kappa shape index (κ3) is 3.22. The summed E-state index contributed by atoms with van der Waals surface area (Å²) in [7, 11) is 2.12. The Bertz CT molecular complexity index is 720. The molecule has 1 atom stereocenters. The van der Waals surface area contributed by atoms with Crippen LogP contribution in [0.1, 0.15) is 53.7 Å². The number of nitrogens with zero attached hydrogens (tertiary/aromatic N) is 3. The van der Waals surface area contributed by atoms with Crippen molar-refractivity contribution in [2.24, 2.45) is 0 Å². The van der Waals surface area contributed by atoms with Gasteiger partial charge in [-0.15, -0.1) is 0 Å². The third-order valence-electron chi connectivity index (χ3n) is 6.43. The van der Waals surface area contributed by atoms with E-state index in [0.717, 1.165) is 44.5 Å². The highest BCUT2D eigenvalue weighted by Gasteiger charge is 2.42. The fourth-order valence-electron chi connectivity index (χ4n) is 4.66. The predicted molar refractivity (Wildman–Crippen MR) is 99.0 cm³/mol. The second kappa shape index (κ2) is 6.99. The molecule has 1 unspecified atom stereocenters. The highest BCUT2D eigenvalue weighted by Crippen LogP contribution is 2.31. The molecule has 1 spiro atoms. The molecule has 0 radical (unpaired) electrons. The van der Waals surface area contributed by atoms with E-state index in [-0.39, 0.29) is 17.4 Å². The van der Waals surface area contributed by atoms with Crippen molar-refractivity contribution in [1.29, 1.82) is 0 Å². The van der Waals surface area contributed by atoms with Gasteiger partial charge < -0.3 is 10.2 Å². The topological polar surface area (TPSA) is 65.5 Å². The monoisotopic (exact) mass is 356 g/mol. The molecule has 4 rings (SSSR count). The van der Waals surface area contributed by atoms with Gasteiger partial charge in [-0.25, -0.2) is 0 Å². The van der Waals surface area contributed by atoms with E-state index in [1.54, 1.807) is 6.20 Å². The zero-order valence-electron chi connectivity index (χ0n) is 15.6. The van der Waals surface area contributed by atoms with Gasteiger partial charge in [-0.3, -0.25) is 19.5 Å². The fraction of sp³-hybridized carbons (Fsp3) is 0.650. The smallest absolute Gasteiger partial charge is 0.255 e. The molecule has 2 fully saturated rings. The summed E-state index contributed by atoms with van der Waals surface area (Å²) >= 11 is 0. The highest BCUT2D eigenvalue weighted by molar-refractivity contribution is 5.94. The molecule has 1 aromatic heterocycles. The number of piperazine rings is 1. The van der Waals surface area contributed by atoms with Gasteiger partial charge in [0, 0.05) is 50.0 Å². The molecule has 26 heavy (non-hydrogen) atoms. The number of aryl methyl sites for hydroxylation is 2. The Hall–Kier alpha value is -1.95. The standard InChI is InChI=1S/C20H28N4O2/c1-23-10-11-24(14-20(23)7-6-18(25)21-9-8-20)19(26)16-12-15-4-2-3-5-17(15)22-13-16/h12-13H,2-11,14H2,1H3,(H,21,25). The Morgan fingerprint density at radius 1 is 1.19 bits per heavy atom. The molecule has 0 aromatic carbocycles. The van der Waals surface area contributed by atoms with Gasteiger partial charge in [-0.1, -0.05) is 0 Å². The molecule has 2 saturated heterocycles. The highest BCUT2D eigenvalue weighted by atomic mass is 16.2. The van der Waals surface area contributed by atoms with E-state index in [1.807, 2.05) is 4.90 Å². The average molecular weight is 356 g/mol. The van der Waals surface area contributed by atoms with Crippen LogP contribution in [0.5, 0.6) is 0 Å². The molecule has 0 bridgehead atoms. The number of likely N-dealkylation sites (N-methyl/N-ethyl adjacent to an activating group) is 1. The lowest BCUT2D eigenvalue weighted by Gasteiger charge is -2.49. The first-order chi connectivity index (χ1) is 12.6. The average Bonchev–Trinajstić information content (AvgIpc) is 2.85. The van der Waals surface area contributed by atoms with E-state index in [1.165, 1.54) is 18.4 Å². The zero-order valence-corrected chi connectivity index (χ0v) is 15.6. The molecule has 2 amide bonds. The third-order valence-corrected chi connectivity index (χ3v) is 6.43. The van der Waals surface area contributed by atoms with Crippen LogP contribution >= 0.6 is 0 Å². The first kappa shape index (κ1) is 17.5. The summed E-state index contributed by atoms with van der Waals surface area (Å²) in [4.78, 5) is 33.8. The van der Waals surface area contributed by atoms with Crippen molar-refractivity contribution < 1.29 is 9.59 Å². The second-order valence-corrected chi connectivity index (χ2v) is 8.01. The molecular weight excluding hydrogens is 328 g/mol. The molecule has 1 aromatic rings. The molecule has 0 saturated carbocycles. The van der Waals surface area contributed by atoms with Gasteiger partial charge in [0.15, 0.2) is 0 Å². The Balaban J connectivity index is 1.54. The van der Waals surface area contributed by atoms with Gasteiger partial charge in [0.1, 0.15) is 0 Å². The van der Waals surface area contributed by atoms with Crippen LogP contribution in [-0.2, 0) is 17.6 Å². The van der Waals surface area contributed by atoms with Crippen molar-refractivity contribution in [3.8, 4) is 0 Å². The van der Waals surface area contributed by atoms with Crippen molar-refractivity contribution in [2.45, 2.75) is 50.5 Å². The van der Waals surface area contributed by atoms with Crippen LogP contribution in [0.3, 0.4) is 0 Å². The number of nitrogens with one attached hydrogen (secondary N) is 1. The lowest BCUT2D eigenvalue weighted by molar-refractivity contribution is -0.121. The number of hydrogen-bond donors (Lipinski definition) is 1. The van der Waals surface area contributed by atoms with Crippen LogP contribution in [0.15, 0.2) is 12.3 Å².